The molecule has 0 radical (unpaired) electrons. The average Bonchev–Trinajstić information content (AvgIpc) is 2.56. The number of amides is 1. The van der Waals surface area contributed by atoms with Gasteiger partial charge in [-0.15, -0.1) is 0 Å². The molecule has 0 aromatic heterocycles. The van der Waals surface area contributed by atoms with E-state index in [0.717, 1.165) is 30.2 Å². The SMILES string of the molecule is CCc1ccccc1O[C@@H](C)C(=O)Nc1cc(C(F)(F)F)ccc1Cl. The molecular formula is C18H17ClF3NO2. The van der Waals surface area contributed by atoms with Crippen LogP contribution in [0.2, 0.25) is 5.02 Å². The topological polar surface area (TPSA) is 38.3 Å². The van der Waals surface area contributed by atoms with Crippen molar-refractivity contribution < 1.29 is 22.7 Å². The minimum Gasteiger partial charge on any atom is -0.481 e. The standard InChI is InChI=1S/C18H17ClF3NO2/c1-3-12-6-4-5-7-16(12)25-11(2)17(24)23-15-10-13(18(20,21)22)8-9-14(15)19/h4-11H,3H2,1-2H3,(H,23,24)/t11-/m0/s1. The average molecular weight is 372 g/mol. The number of ether oxygens (including phenoxy) is 1. The number of carbonyl (C=O) groups is 1. The Labute approximate surface area is 148 Å². The summed E-state index contributed by atoms with van der Waals surface area (Å²) >= 11 is 5.88. The summed E-state index contributed by atoms with van der Waals surface area (Å²) in [7, 11) is 0. The molecule has 2 aromatic rings. The fraction of sp³-hybridized carbons (Fsp3) is 0.278. The van der Waals surface area contributed by atoms with Crippen LogP contribution in [-0.2, 0) is 17.4 Å². The Morgan fingerprint density at radius 3 is 2.56 bits per heavy atom. The molecule has 1 atom stereocenters. The molecule has 0 spiro atoms. The first-order chi connectivity index (χ1) is 11.7. The van der Waals surface area contributed by atoms with E-state index in [1.807, 2.05) is 19.1 Å². The van der Waals surface area contributed by atoms with Gasteiger partial charge in [0.25, 0.3) is 5.91 Å². The Bertz CT molecular complexity index is 762. The Hall–Kier alpha value is -2.21. The fourth-order valence-electron chi connectivity index (χ4n) is 2.19. The molecule has 0 aliphatic heterocycles. The first-order valence-corrected chi connectivity index (χ1v) is 8.02. The second-order valence-corrected chi connectivity index (χ2v) is 5.81. The lowest BCUT2D eigenvalue weighted by molar-refractivity contribution is -0.137. The van der Waals surface area contributed by atoms with E-state index in [2.05, 4.69) is 5.32 Å². The Kier molecular flexibility index (Phi) is 5.95. The highest BCUT2D eigenvalue weighted by molar-refractivity contribution is 6.33. The molecule has 0 saturated carbocycles. The van der Waals surface area contributed by atoms with Gasteiger partial charge in [-0.1, -0.05) is 36.7 Å². The van der Waals surface area contributed by atoms with Crippen molar-refractivity contribution in [3.05, 3.63) is 58.6 Å². The maximum absolute atomic E-state index is 12.8. The number of halogens is 4. The van der Waals surface area contributed by atoms with Gasteiger partial charge in [-0.2, -0.15) is 13.2 Å². The maximum Gasteiger partial charge on any atom is 0.416 e. The Balaban J connectivity index is 2.14. The number of alkyl halides is 3. The van der Waals surface area contributed by atoms with Crippen LogP contribution in [0.3, 0.4) is 0 Å². The zero-order chi connectivity index (χ0) is 18.6. The molecule has 0 unspecified atom stereocenters. The van der Waals surface area contributed by atoms with Crippen molar-refractivity contribution in [2.24, 2.45) is 0 Å². The summed E-state index contributed by atoms with van der Waals surface area (Å²) in [6.07, 6.45) is -4.70. The Morgan fingerprint density at radius 1 is 1.24 bits per heavy atom. The summed E-state index contributed by atoms with van der Waals surface area (Å²) in [4.78, 5) is 12.3. The Morgan fingerprint density at radius 2 is 1.92 bits per heavy atom. The van der Waals surface area contributed by atoms with Gasteiger partial charge in [0.1, 0.15) is 5.75 Å². The number of anilines is 1. The molecule has 25 heavy (non-hydrogen) atoms. The molecule has 7 heteroatoms. The normalized spacial score (nSPS) is 12.6. The highest BCUT2D eigenvalue weighted by atomic mass is 35.5. The minimum absolute atomic E-state index is 0.0162. The first-order valence-electron chi connectivity index (χ1n) is 7.64. The van der Waals surface area contributed by atoms with Gasteiger partial charge in [0.05, 0.1) is 16.3 Å². The van der Waals surface area contributed by atoms with Crippen molar-refractivity contribution in [1.29, 1.82) is 0 Å². The summed E-state index contributed by atoms with van der Waals surface area (Å²) < 4.78 is 44.0. The van der Waals surface area contributed by atoms with E-state index in [1.54, 1.807) is 12.1 Å². The largest absolute Gasteiger partial charge is 0.481 e. The molecule has 2 aromatic carbocycles. The first kappa shape index (κ1) is 19.1. The van der Waals surface area contributed by atoms with Crippen LogP contribution in [-0.4, -0.2) is 12.0 Å². The van der Waals surface area contributed by atoms with E-state index < -0.39 is 23.8 Å². The lowest BCUT2D eigenvalue weighted by Gasteiger charge is -2.18. The number of aryl methyl sites for hydroxylation is 1. The van der Waals surface area contributed by atoms with Crippen molar-refractivity contribution in [3.8, 4) is 5.75 Å². The lowest BCUT2D eigenvalue weighted by Crippen LogP contribution is -2.30. The van der Waals surface area contributed by atoms with Gasteiger partial charge < -0.3 is 10.1 Å². The molecule has 134 valence electrons. The summed E-state index contributed by atoms with van der Waals surface area (Å²) in [6, 6.07) is 10.0. The summed E-state index contributed by atoms with van der Waals surface area (Å²) in [5.41, 5.74) is -0.0722. The molecule has 1 N–H and O–H groups in total. The monoisotopic (exact) mass is 371 g/mol. The highest BCUT2D eigenvalue weighted by Gasteiger charge is 2.31. The number of hydrogen-bond acceptors (Lipinski definition) is 2. The molecule has 0 aliphatic carbocycles. The van der Waals surface area contributed by atoms with Crippen molar-refractivity contribution >= 4 is 23.2 Å². The van der Waals surface area contributed by atoms with Crippen molar-refractivity contribution in [2.75, 3.05) is 5.32 Å². The number of rotatable bonds is 5. The summed E-state index contributed by atoms with van der Waals surface area (Å²) in [5.74, 6) is -0.0325. The van der Waals surface area contributed by atoms with E-state index in [-0.39, 0.29) is 10.7 Å². The van der Waals surface area contributed by atoms with Gasteiger partial charge in [0.2, 0.25) is 0 Å². The third-order valence-electron chi connectivity index (χ3n) is 3.58. The van der Waals surface area contributed by atoms with Crippen LogP contribution in [0.25, 0.3) is 0 Å². The molecule has 1 amide bonds. The predicted molar refractivity (Wildman–Crippen MR) is 91.0 cm³/mol. The van der Waals surface area contributed by atoms with E-state index in [9.17, 15) is 18.0 Å². The van der Waals surface area contributed by atoms with Crippen LogP contribution in [0.15, 0.2) is 42.5 Å². The van der Waals surface area contributed by atoms with Gasteiger partial charge in [-0.3, -0.25) is 4.79 Å². The van der Waals surface area contributed by atoms with Crippen LogP contribution in [0.4, 0.5) is 18.9 Å². The zero-order valence-electron chi connectivity index (χ0n) is 13.7. The molecule has 0 aliphatic rings. The fourth-order valence-corrected chi connectivity index (χ4v) is 2.35. The van der Waals surface area contributed by atoms with Crippen LogP contribution in [0.5, 0.6) is 5.75 Å². The van der Waals surface area contributed by atoms with E-state index in [4.69, 9.17) is 16.3 Å². The lowest BCUT2D eigenvalue weighted by atomic mass is 10.1. The number of nitrogens with one attached hydrogen (secondary N) is 1. The summed E-state index contributed by atoms with van der Waals surface area (Å²) in [6.45, 7) is 3.47. The molecule has 0 heterocycles. The quantitative estimate of drug-likeness (QED) is 0.771. The van der Waals surface area contributed by atoms with Crippen LogP contribution in [0.1, 0.15) is 25.0 Å². The van der Waals surface area contributed by atoms with Crippen molar-refractivity contribution in [2.45, 2.75) is 32.5 Å². The maximum atomic E-state index is 12.8. The number of para-hydroxylation sites is 1. The van der Waals surface area contributed by atoms with E-state index in [1.165, 1.54) is 6.92 Å². The highest BCUT2D eigenvalue weighted by Crippen LogP contribution is 2.34. The zero-order valence-corrected chi connectivity index (χ0v) is 14.4. The summed E-state index contributed by atoms with van der Waals surface area (Å²) in [5, 5.41) is 2.40. The van der Waals surface area contributed by atoms with E-state index in [0.29, 0.717) is 5.75 Å². The molecule has 2 rings (SSSR count). The van der Waals surface area contributed by atoms with Crippen molar-refractivity contribution in [1.82, 2.24) is 0 Å². The van der Waals surface area contributed by atoms with Crippen LogP contribution < -0.4 is 10.1 Å². The van der Waals surface area contributed by atoms with Gasteiger partial charge in [0.15, 0.2) is 6.10 Å². The molecule has 0 saturated heterocycles. The van der Waals surface area contributed by atoms with Gasteiger partial charge in [-0.05, 0) is 43.2 Å². The van der Waals surface area contributed by atoms with Crippen LogP contribution in [0, 0.1) is 0 Å². The number of hydrogen-bond donors (Lipinski definition) is 1. The predicted octanol–water partition coefficient (Wildman–Crippen LogP) is 5.33. The number of carbonyl (C=O) groups excluding carboxylic acids is 1. The van der Waals surface area contributed by atoms with Crippen molar-refractivity contribution in [3.63, 3.8) is 0 Å². The third kappa shape index (κ3) is 4.89. The smallest absolute Gasteiger partial charge is 0.416 e. The second-order valence-electron chi connectivity index (χ2n) is 5.40. The van der Waals surface area contributed by atoms with E-state index >= 15 is 0 Å². The molecule has 0 bridgehead atoms. The third-order valence-corrected chi connectivity index (χ3v) is 3.91. The minimum atomic E-state index is -4.52. The molecule has 0 fully saturated rings. The van der Waals surface area contributed by atoms with Gasteiger partial charge in [-0.25, -0.2) is 0 Å². The van der Waals surface area contributed by atoms with Crippen LogP contribution >= 0.6 is 11.6 Å². The number of benzene rings is 2. The second kappa shape index (κ2) is 7.78. The van der Waals surface area contributed by atoms with Gasteiger partial charge in [0, 0.05) is 0 Å². The van der Waals surface area contributed by atoms with Gasteiger partial charge >= 0.3 is 6.18 Å². The molecule has 3 nitrogen and oxygen atoms in total. The molecular weight excluding hydrogens is 355 g/mol.